The summed E-state index contributed by atoms with van der Waals surface area (Å²) in [7, 11) is 1.78. The van der Waals surface area contributed by atoms with E-state index in [1.165, 1.54) is 25.7 Å². The molecular formula is C17H31IN6O. The molecule has 0 saturated heterocycles. The minimum Gasteiger partial charge on any atom is -0.385 e. The number of fused-ring (bicyclic) bond motifs is 1. The van der Waals surface area contributed by atoms with E-state index in [1.54, 1.807) is 7.11 Å². The number of aryl methyl sites for hydroxylation is 1. The van der Waals surface area contributed by atoms with E-state index in [0.717, 1.165) is 56.7 Å². The van der Waals surface area contributed by atoms with Crippen molar-refractivity contribution in [2.75, 3.05) is 26.8 Å². The average molecular weight is 462 g/mol. The second-order valence-electron chi connectivity index (χ2n) is 6.93. The van der Waals surface area contributed by atoms with Crippen LogP contribution in [0.5, 0.6) is 0 Å². The molecular weight excluding hydrogens is 431 g/mol. The van der Waals surface area contributed by atoms with Crippen LogP contribution in [0, 0.1) is 5.41 Å². The first kappa shape index (κ1) is 20.4. The minimum atomic E-state index is 0. The zero-order valence-corrected chi connectivity index (χ0v) is 17.7. The molecule has 0 spiro atoms. The molecule has 0 bridgehead atoms. The molecule has 1 aliphatic carbocycles. The largest absolute Gasteiger partial charge is 0.385 e. The number of guanidine groups is 1. The predicted molar refractivity (Wildman–Crippen MR) is 109 cm³/mol. The lowest BCUT2D eigenvalue weighted by molar-refractivity contribution is 0.0732. The van der Waals surface area contributed by atoms with E-state index in [2.05, 4.69) is 32.3 Å². The molecule has 8 heteroatoms. The van der Waals surface area contributed by atoms with Gasteiger partial charge in [-0.1, -0.05) is 6.42 Å². The van der Waals surface area contributed by atoms with Gasteiger partial charge in [0.05, 0.1) is 0 Å². The van der Waals surface area contributed by atoms with Crippen LogP contribution in [0.2, 0.25) is 0 Å². The standard InChI is InChI=1S/C17H30N6O.HI/c1-3-18-16(20-13-17(7-5-8-17)9-11-24-2)19-12-15-22-21-14-6-4-10-23(14)15;/h3-13H2,1-2H3,(H2,18,19,20);1H. The van der Waals surface area contributed by atoms with Gasteiger partial charge in [0.1, 0.15) is 12.4 Å². The SMILES string of the molecule is CCNC(=NCc1nnc2n1CCC2)NCC1(CCOC)CCC1.I. The smallest absolute Gasteiger partial charge is 0.191 e. The third-order valence-electron chi connectivity index (χ3n) is 5.29. The molecule has 3 rings (SSSR count). The van der Waals surface area contributed by atoms with E-state index in [4.69, 9.17) is 9.73 Å². The summed E-state index contributed by atoms with van der Waals surface area (Å²) in [5.74, 6) is 2.94. The Balaban J connectivity index is 0.00000225. The van der Waals surface area contributed by atoms with Crippen LogP contribution in [0.25, 0.3) is 0 Å². The molecule has 25 heavy (non-hydrogen) atoms. The summed E-state index contributed by atoms with van der Waals surface area (Å²) in [6, 6.07) is 0. The van der Waals surface area contributed by atoms with Crippen LogP contribution < -0.4 is 10.6 Å². The maximum Gasteiger partial charge on any atom is 0.191 e. The maximum absolute atomic E-state index is 5.28. The van der Waals surface area contributed by atoms with Crippen LogP contribution in [-0.4, -0.2) is 47.5 Å². The highest BCUT2D eigenvalue weighted by molar-refractivity contribution is 14.0. The first-order valence-corrected chi connectivity index (χ1v) is 9.18. The Bertz CT molecular complexity index is 569. The second-order valence-corrected chi connectivity index (χ2v) is 6.93. The fourth-order valence-corrected chi connectivity index (χ4v) is 3.60. The lowest BCUT2D eigenvalue weighted by Crippen LogP contribution is -2.47. The molecule has 2 heterocycles. The summed E-state index contributed by atoms with van der Waals surface area (Å²) in [6.45, 7) is 6.34. The molecule has 1 fully saturated rings. The van der Waals surface area contributed by atoms with E-state index in [-0.39, 0.29) is 24.0 Å². The molecule has 0 aromatic carbocycles. The Kier molecular flexibility index (Phi) is 7.92. The first-order valence-electron chi connectivity index (χ1n) is 9.18. The Morgan fingerprint density at radius 3 is 2.80 bits per heavy atom. The molecule has 2 N–H and O–H groups in total. The van der Waals surface area contributed by atoms with Gasteiger partial charge in [0.25, 0.3) is 0 Å². The van der Waals surface area contributed by atoms with Gasteiger partial charge in [0.2, 0.25) is 0 Å². The van der Waals surface area contributed by atoms with E-state index in [1.807, 2.05) is 0 Å². The minimum absolute atomic E-state index is 0. The Labute approximate surface area is 167 Å². The highest BCUT2D eigenvalue weighted by Crippen LogP contribution is 2.43. The number of ether oxygens (including phenoxy) is 1. The number of hydrogen-bond donors (Lipinski definition) is 2. The molecule has 1 saturated carbocycles. The van der Waals surface area contributed by atoms with Gasteiger partial charge in [-0.15, -0.1) is 34.2 Å². The molecule has 0 atom stereocenters. The van der Waals surface area contributed by atoms with Crippen LogP contribution in [0.15, 0.2) is 4.99 Å². The summed E-state index contributed by atoms with van der Waals surface area (Å²) in [6.07, 6.45) is 7.21. The first-order chi connectivity index (χ1) is 11.8. The zero-order chi connectivity index (χ0) is 16.8. The monoisotopic (exact) mass is 462 g/mol. The summed E-state index contributed by atoms with van der Waals surface area (Å²) >= 11 is 0. The van der Waals surface area contributed by atoms with E-state index in [9.17, 15) is 0 Å². The highest BCUT2D eigenvalue weighted by atomic mass is 127. The maximum atomic E-state index is 5.28. The molecule has 1 aromatic rings. The van der Waals surface area contributed by atoms with Crippen molar-refractivity contribution in [1.82, 2.24) is 25.4 Å². The van der Waals surface area contributed by atoms with Gasteiger partial charge in [-0.25, -0.2) is 4.99 Å². The van der Waals surface area contributed by atoms with Crippen LogP contribution in [0.4, 0.5) is 0 Å². The van der Waals surface area contributed by atoms with Crippen molar-refractivity contribution in [1.29, 1.82) is 0 Å². The van der Waals surface area contributed by atoms with Crippen LogP contribution in [0.3, 0.4) is 0 Å². The molecule has 1 aliphatic heterocycles. The van der Waals surface area contributed by atoms with Gasteiger partial charge in [-0.3, -0.25) is 0 Å². The van der Waals surface area contributed by atoms with Crippen molar-refractivity contribution in [3.8, 4) is 0 Å². The van der Waals surface area contributed by atoms with Gasteiger partial charge in [0, 0.05) is 39.8 Å². The van der Waals surface area contributed by atoms with Crippen molar-refractivity contribution in [2.24, 2.45) is 10.4 Å². The second kappa shape index (κ2) is 9.70. The van der Waals surface area contributed by atoms with Crippen molar-refractivity contribution in [3.05, 3.63) is 11.6 Å². The molecule has 2 aliphatic rings. The third kappa shape index (κ3) is 5.06. The molecule has 0 radical (unpaired) electrons. The van der Waals surface area contributed by atoms with Gasteiger partial charge in [0.15, 0.2) is 11.8 Å². The molecule has 142 valence electrons. The number of methoxy groups -OCH3 is 1. The Morgan fingerprint density at radius 1 is 1.28 bits per heavy atom. The average Bonchev–Trinajstić information content (AvgIpc) is 3.15. The fraction of sp³-hybridized carbons (Fsp3) is 0.824. The van der Waals surface area contributed by atoms with Crippen LogP contribution >= 0.6 is 24.0 Å². The number of nitrogens with zero attached hydrogens (tertiary/aromatic N) is 4. The van der Waals surface area contributed by atoms with Crippen molar-refractivity contribution in [3.63, 3.8) is 0 Å². The lowest BCUT2D eigenvalue weighted by atomic mass is 9.67. The molecule has 0 amide bonds. The van der Waals surface area contributed by atoms with Gasteiger partial charge < -0.3 is 19.9 Å². The van der Waals surface area contributed by atoms with Crippen molar-refractivity contribution >= 4 is 29.9 Å². The van der Waals surface area contributed by atoms with Crippen molar-refractivity contribution in [2.45, 2.75) is 58.5 Å². The highest BCUT2D eigenvalue weighted by Gasteiger charge is 2.36. The Morgan fingerprint density at radius 2 is 2.12 bits per heavy atom. The third-order valence-corrected chi connectivity index (χ3v) is 5.29. The lowest BCUT2D eigenvalue weighted by Gasteiger charge is -2.42. The summed E-state index contributed by atoms with van der Waals surface area (Å²) in [5.41, 5.74) is 0.377. The van der Waals surface area contributed by atoms with Crippen molar-refractivity contribution < 1.29 is 4.74 Å². The van der Waals surface area contributed by atoms with Gasteiger partial charge in [-0.2, -0.15) is 0 Å². The fourth-order valence-electron chi connectivity index (χ4n) is 3.60. The molecule has 1 aromatic heterocycles. The number of aromatic nitrogens is 3. The summed E-state index contributed by atoms with van der Waals surface area (Å²) in [5, 5.41) is 15.4. The van der Waals surface area contributed by atoms with Gasteiger partial charge in [-0.05, 0) is 38.0 Å². The quantitative estimate of drug-likeness (QED) is 0.352. The predicted octanol–water partition coefficient (Wildman–Crippen LogP) is 2.10. The normalized spacial score (nSPS) is 18.2. The zero-order valence-electron chi connectivity index (χ0n) is 15.4. The van der Waals surface area contributed by atoms with Crippen LogP contribution in [0.1, 0.15) is 50.7 Å². The van der Waals surface area contributed by atoms with E-state index < -0.39 is 0 Å². The topological polar surface area (TPSA) is 76.4 Å². The number of rotatable bonds is 8. The molecule has 7 nitrogen and oxygen atoms in total. The van der Waals surface area contributed by atoms with Gasteiger partial charge >= 0.3 is 0 Å². The number of hydrogen-bond acceptors (Lipinski definition) is 4. The molecule has 0 unspecified atom stereocenters. The summed E-state index contributed by atoms with van der Waals surface area (Å²) in [4.78, 5) is 4.72. The van der Waals surface area contributed by atoms with E-state index >= 15 is 0 Å². The summed E-state index contributed by atoms with van der Waals surface area (Å²) < 4.78 is 7.48. The number of aliphatic imine (C=N–C) groups is 1. The Hall–Kier alpha value is -0.900. The number of nitrogens with one attached hydrogen (secondary N) is 2. The van der Waals surface area contributed by atoms with Crippen LogP contribution in [-0.2, 0) is 24.2 Å². The van der Waals surface area contributed by atoms with E-state index in [0.29, 0.717) is 12.0 Å². The number of halogens is 1.